The SMILES string of the molecule is CNC(Cc1ccc(OC)c(OC)c1)c1cnnn1C. The molecule has 2 aromatic rings. The minimum Gasteiger partial charge on any atom is -0.493 e. The van der Waals surface area contributed by atoms with Gasteiger partial charge in [-0.15, -0.1) is 5.10 Å². The van der Waals surface area contributed by atoms with Crippen molar-refractivity contribution in [2.45, 2.75) is 12.5 Å². The molecule has 6 nitrogen and oxygen atoms in total. The van der Waals surface area contributed by atoms with Gasteiger partial charge < -0.3 is 14.8 Å². The standard InChI is InChI=1S/C14H20N4O2/c1-15-11(12-9-16-17-18(12)2)7-10-5-6-13(19-3)14(8-10)20-4/h5-6,8-9,11,15H,7H2,1-4H3. The van der Waals surface area contributed by atoms with Crippen LogP contribution in [-0.4, -0.2) is 36.3 Å². The smallest absolute Gasteiger partial charge is 0.160 e. The van der Waals surface area contributed by atoms with Gasteiger partial charge in [0.25, 0.3) is 0 Å². The number of methoxy groups -OCH3 is 2. The molecule has 1 N–H and O–H groups in total. The van der Waals surface area contributed by atoms with E-state index in [1.54, 1.807) is 25.1 Å². The zero-order chi connectivity index (χ0) is 14.5. The number of ether oxygens (including phenoxy) is 2. The van der Waals surface area contributed by atoms with Crippen LogP contribution in [0.5, 0.6) is 11.5 Å². The molecule has 1 aromatic heterocycles. The second kappa shape index (κ2) is 6.38. The Hall–Kier alpha value is -2.08. The molecule has 0 saturated carbocycles. The van der Waals surface area contributed by atoms with E-state index in [0.29, 0.717) is 0 Å². The minimum absolute atomic E-state index is 0.146. The Morgan fingerprint density at radius 2 is 2.00 bits per heavy atom. The molecule has 0 aliphatic carbocycles. The number of benzene rings is 1. The molecule has 6 heteroatoms. The normalized spacial score (nSPS) is 12.2. The van der Waals surface area contributed by atoms with E-state index >= 15 is 0 Å². The minimum atomic E-state index is 0.146. The van der Waals surface area contributed by atoms with E-state index in [-0.39, 0.29) is 6.04 Å². The molecule has 1 unspecified atom stereocenters. The zero-order valence-corrected chi connectivity index (χ0v) is 12.3. The summed E-state index contributed by atoms with van der Waals surface area (Å²) in [4.78, 5) is 0. The fourth-order valence-corrected chi connectivity index (χ4v) is 2.21. The molecule has 0 radical (unpaired) electrons. The van der Waals surface area contributed by atoms with Gasteiger partial charge in [-0.2, -0.15) is 0 Å². The molecule has 0 saturated heterocycles. The van der Waals surface area contributed by atoms with Gasteiger partial charge in [-0.05, 0) is 31.2 Å². The van der Waals surface area contributed by atoms with Crippen molar-refractivity contribution in [3.05, 3.63) is 35.7 Å². The van der Waals surface area contributed by atoms with Crippen LogP contribution in [0.15, 0.2) is 24.4 Å². The summed E-state index contributed by atoms with van der Waals surface area (Å²) in [6.07, 6.45) is 2.60. The van der Waals surface area contributed by atoms with E-state index in [9.17, 15) is 0 Å². The van der Waals surface area contributed by atoms with Crippen molar-refractivity contribution in [1.82, 2.24) is 20.3 Å². The Morgan fingerprint density at radius 3 is 2.55 bits per heavy atom. The average molecular weight is 276 g/mol. The molecule has 1 aromatic carbocycles. The van der Waals surface area contributed by atoms with Crippen molar-refractivity contribution in [3.8, 4) is 11.5 Å². The fraction of sp³-hybridized carbons (Fsp3) is 0.429. The number of aryl methyl sites for hydroxylation is 1. The lowest BCUT2D eigenvalue weighted by Crippen LogP contribution is -2.21. The second-order valence-corrected chi connectivity index (χ2v) is 4.52. The number of likely N-dealkylation sites (N-methyl/N-ethyl adjacent to an activating group) is 1. The first-order valence-corrected chi connectivity index (χ1v) is 6.42. The summed E-state index contributed by atoms with van der Waals surface area (Å²) in [5.74, 6) is 1.47. The van der Waals surface area contributed by atoms with Crippen molar-refractivity contribution in [2.75, 3.05) is 21.3 Å². The highest BCUT2D eigenvalue weighted by Crippen LogP contribution is 2.29. The Labute approximate surface area is 118 Å². The monoisotopic (exact) mass is 276 g/mol. The van der Waals surface area contributed by atoms with Crippen LogP contribution in [0.1, 0.15) is 17.3 Å². The second-order valence-electron chi connectivity index (χ2n) is 4.52. The van der Waals surface area contributed by atoms with Gasteiger partial charge in [0.2, 0.25) is 0 Å². The largest absolute Gasteiger partial charge is 0.493 e. The predicted octanol–water partition coefficient (Wildman–Crippen LogP) is 1.34. The van der Waals surface area contributed by atoms with Gasteiger partial charge in [-0.1, -0.05) is 11.3 Å². The van der Waals surface area contributed by atoms with Crippen LogP contribution >= 0.6 is 0 Å². The van der Waals surface area contributed by atoms with E-state index in [1.807, 2.05) is 32.3 Å². The van der Waals surface area contributed by atoms with Crippen molar-refractivity contribution < 1.29 is 9.47 Å². The van der Waals surface area contributed by atoms with Gasteiger partial charge in [-0.3, -0.25) is 4.68 Å². The molecule has 1 heterocycles. The lowest BCUT2D eigenvalue weighted by atomic mass is 10.0. The van der Waals surface area contributed by atoms with E-state index in [1.165, 1.54) is 0 Å². The van der Waals surface area contributed by atoms with Crippen LogP contribution in [0.25, 0.3) is 0 Å². The maximum atomic E-state index is 5.33. The summed E-state index contributed by atoms with van der Waals surface area (Å²) in [5.41, 5.74) is 2.20. The number of rotatable bonds is 6. The highest BCUT2D eigenvalue weighted by molar-refractivity contribution is 5.43. The summed E-state index contributed by atoms with van der Waals surface area (Å²) in [6.45, 7) is 0. The Kier molecular flexibility index (Phi) is 4.57. The number of hydrogen-bond donors (Lipinski definition) is 1. The molecular formula is C14H20N4O2. The summed E-state index contributed by atoms with van der Waals surface area (Å²) >= 11 is 0. The fourth-order valence-electron chi connectivity index (χ4n) is 2.21. The van der Waals surface area contributed by atoms with Gasteiger partial charge >= 0.3 is 0 Å². The molecule has 2 rings (SSSR count). The van der Waals surface area contributed by atoms with Gasteiger partial charge in [0.1, 0.15) is 0 Å². The highest BCUT2D eigenvalue weighted by atomic mass is 16.5. The molecule has 0 aliphatic heterocycles. The third kappa shape index (κ3) is 2.91. The third-order valence-corrected chi connectivity index (χ3v) is 3.34. The first kappa shape index (κ1) is 14.3. The van der Waals surface area contributed by atoms with E-state index in [4.69, 9.17) is 9.47 Å². The van der Waals surface area contributed by atoms with Crippen molar-refractivity contribution >= 4 is 0 Å². The van der Waals surface area contributed by atoms with Crippen molar-refractivity contribution in [2.24, 2.45) is 7.05 Å². The van der Waals surface area contributed by atoms with Crippen LogP contribution in [0.3, 0.4) is 0 Å². The average Bonchev–Trinajstić information content (AvgIpc) is 2.90. The number of aromatic nitrogens is 3. The van der Waals surface area contributed by atoms with Crippen molar-refractivity contribution in [1.29, 1.82) is 0 Å². The van der Waals surface area contributed by atoms with Gasteiger partial charge in [-0.25, -0.2) is 0 Å². The maximum Gasteiger partial charge on any atom is 0.160 e. The number of nitrogens with zero attached hydrogens (tertiary/aromatic N) is 3. The molecule has 1 atom stereocenters. The molecule has 0 amide bonds. The number of nitrogens with one attached hydrogen (secondary N) is 1. The quantitative estimate of drug-likeness (QED) is 0.862. The predicted molar refractivity (Wildman–Crippen MR) is 76.1 cm³/mol. The lowest BCUT2D eigenvalue weighted by Gasteiger charge is -2.17. The Balaban J connectivity index is 2.22. The first-order valence-electron chi connectivity index (χ1n) is 6.42. The van der Waals surface area contributed by atoms with Crippen LogP contribution in [0, 0.1) is 0 Å². The molecule has 0 aliphatic rings. The molecule has 0 bridgehead atoms. The van der Waals surface area contributed by atoms with Crippen molar-refractivity contribution in [3.63, 3.8) is 0 Å². The summed E-state index contributed by atoms with van der Waals surface area (Å²) < 4.78 is 12.4. The van der Waals surface area contributed by atoms with Crippen LogP contribution in [0.2, 0.25) is 0 Å². The molecular weight excluding hydrogens is 256 g/mol. The first-order chi connectivity index (χ1) is 9.69. The summed E-state index contributed by atoms with van der Waals surface area (Å²) in [6, 6.07) is 6.10. The van der Waals surface area contributed by atoms with E-state index in [2.05, 4.69) is 15.6 Å². The maximum absolute atomic E-state index is 5.33. The van der Waals surface area contributed by atoms with Crippen LogP contribution in [-0.2, 0) is 13.5 Å². The van der Waals surface area contributed by atoms with Gasteiger partial charge in [0.05, 0.1) is 32.2 Å². The van der Waals surface area contributed by atoms with Gasteiger partial charge in [0, 0.05) is 7.05 Å². The third-order valence-electron chi connectivity index (χ3n) is 3.34. The Morgan fingerprint density at radius 1 is 1.25 bits per heavy atom. The van der Waals surface area contributed by atoms with E-state index < -0.39 is 0 Å². The zero-order valence-electron chi connectivity index (χ0n) is 12.3. The molecule has 20 heavy (non-hydrogen) atoms. The summed E-state index contributed by atoms with van der Waals surface area (Å²) in [7, 11) is 7.09. The molecule has 108 valence electrons. The topological polar surface area (TPSA) is 61.2 Å². The van der Waals surface area contributed by atoms with Gasteiger partial charge in [0.15, 0.2) is 11.5 Å². The number of hydrogen-bond acceptors (Lipinski definition) is 5. The van der Waals surface area contributed by atoms with Crippen LogP contribution in [0.4, 0.5) is 0 Å². The summed E-state index contributed by atoms with van der Waals surface area (Å²) in [5, 5.41) is 11.2. The lowest BCUT2D eigenvalue weighted by molar-refractivity contribution is 0.354. The Bertz CT molecular complexity index is 568. The van der Waals surface area contributed by atoms with Crippen LogP contribution < -0.4 is 14.8 Å². The molecule has 0 fully saturated rings. The molecule has 0 spiro atoms. The van der Waals surface area contributed by atoms with E-state index in [0.717, 1.165) is 29.2 Å². The highest BCUT2D eigenvalue weighted by Gasteiger charge is 2.15.